The third kappa shape index (κ3) is 3.99. The van der Waals surface area contributed by atoms with E-state index in [1.54, 1.807) is 0 Å². The van der Waals surface area contributed by atoms with E-state index in [2.05, 4.69) is 12.2 Å². The van der Waals surface area contributed by atoms with Crippen molar-refractivity contribution in [2.45, 2.75) is 58.6 Å². The standard InChI is InChI=1S/C17H25NO2/c1-12(2)20-15-10-8-14(9-11-15)17(19)18-16-7-5-4-6-13(16)3/h8-13,16H,4-7H2,1-3H3,(H,18,19). The highest BCUT2D eigenvalue weighted by molar-refractivity contribution is 5.94. The van der Waals surface area contributed by atoms with Crippen LogP contribution in [0.2, 0.25) is 0 Å². The predicted molar refractivity (Wildman–Crippen MR) is 81.1 cm³/mol. The lowest BCUT2D eigenvalue weighted by Gasteiger charge is -2.29. The molecule has 0 heterocycles. The zero-order chi connectivity index (χ0) is 14.5. The summed E-state index contributed by atoms with van der Waals surface area (Å²) in [6, 6.07) is 7.71. The highest BCUT2D eigenvalue weighted by Gasteiger charge is 2.23. The Morgan fingerprint density at radius 3 is 2.45 bits per heavy atom. The molecule has 1 fully saturated rings. The third-order valence-corrected chi connectivity index (χ3v) is 3.92. The smallest absolute Gasteiger partial charge is 0.251 e. The SMILES string of the molecule is CC(C)Oc1ccc(C(=O)NC2CCCCC2C)cc1. The molecule has 2 unspecified atom stereocenters. The Labute approximate surface area is 121 Å². The lowest BCUT2D eigenvalue weighted by atomic mass is 9.86. The molecular weight excluding hydrogens is 250 g/mol. The Morgan fingerprint density at radius 1 is 1.20 bits per heavy atom. The Hall–Kier alpha value is -1.51. The van der Waals surface area contributed by atoms with Gasteiger partial charge in [0.05, 0.1) is 6.10 Å². The van der Waals surface area contributed by atoms with E-state index in [4.69, 9.17) is 4.74 Å². The molecule has 1 N–H and O–H groups in total. The molecule has 110 valence electrons. The van der Waals surface area contributed by atoms with Gasteiger partial charge < -0.3 is 10.1 Å². The van der Waals surface area contributed by atoms with Gasteiger partial charge in [-0.25, -0.2) is 0 Å². The van der Waals surface area contributed by atoms with E-state index in [1.807, 2.05) is 38.1 Å². The Bertz CT molecular complexity index is 439. The summed E-state index contributed by atoms with van der Waals surface area (Å²) < 4.78 is 5.58. The molecule has 3 heteroatoms. The highest BCUT2D eigenvalue weighted by atomic mass is 16.5. The van der Waals surface area contributed by atoms with Gasteiger partial charge in [-0.05, 0) is 56.9 Å². The second-order valence-electron chi connectivity index (χ2n) is 6.03. The van der Waals surface area contributed by atoms with Crippen molar-refractivity contribution >= 4 is 5.91 Å². The molecule has 0 aliphatic heterocycles. The summed E-state index contributed by atoms with van der Waals surface area (Å²) in [6.45, 7) is 6.21. The van der Waals surface area contributed by atoms with E-state index in [0.717, 1.165) is 12.2 Å². The average Bonchev–Trinajstić information content (AvgIpc) is 2.41. The Balaban J connectivity index is 1.95. The number of carbonyl (C=O) groups is 1. The van der Waals surface area contributed by atoms with Crippen LogP contribution in [0.5, 0.6) is 5.75 Å². The molecule has 1 aromatic rings. The molecule has 0 saturated heterocycles. The summed E-state index contributed by atoms with van der Waals surface area (Å²) in [6.07, 6.45) is 4.97. The van der Waals surface area contributed by atoms with E-state index in [0.29, 0.717) is 17.5 Å². The van der Waals surface area contributed by atoms with E-state index in [9.17, 15) is 4.79 Å². The lowest BCUT2D eigenvalue weighted by molar-refractivity contribution is 0.0910. The van der Waals surface area contributed by atoms with Crippen molar-refractivity contribution in [2.75, 3.05) is 0 Å². The number of carbonyl (C=O) groups excluding carboxylic acids is 1. The molecule has 0 aromatic heterocycles. The van der Waals surface area contributed by atoms with Crippen molar-refractivity contribution in [2.24, 2.45) is 5.92 Å². The van der Waals surface area contributed by atoms with Gasteiger partial charge >= 0.3 is 0 Å². The minimum atomic E-state index is 0.0276. The van der Waals surface area contributed by atoms with Gasteiger partial charge in [0, 0.05) is 11.6 Å². The van der Waals surface area contributed by atoms with Crippen molar-refractivity contribution in [3.8, 4) is 5.75 Å². The van der Waals surface area contributed by atoms with Crippen LogP contribution >= 0.6 is 0 Å². The number of benzene rings is 1. The Morgan fingerprint density at radius 2 is 1.85 bits per heavy atom. The zero-order valence-electron chi connectivity index (χ0n) is 12.7. The fourth-order valence-corrected chi connectivity index (χ4v) is 2.74. The van der Waals surface area contributed by atoms with Gasteiger partial charge in [-0.15, -0.1) is 0 Å². The first-order chi connectivity index (χ1) is 9.56. The first kappa shape index (κ1) is 14.9. The quantitative estimate of drug-likeness (QED) is 0.908. The zero-order valence-corrected chi connectivity index (χ0v) is 12.7. The molecule has 2 rings (SSSR count). The summed E-state index contributed by atoms with van der Waals surface area (Å²) in [5, 5.41) is 3.17. The van der Waals surface area contributed by atoms with E-state index < -0.39 is 0 Å². The number of ether oxygens (including phenoxy) is 1. The second kappa shape index (κ2) is 6.78. The number of hydrogen-bond acceptors (Lipinski definition) is 2. The maximum absolute atomic E-state index is 12.2. The number of amides is 1. The van der Waals surface area contributed by atoms with Gasteiger partial charge in [0.15, 0.2) is 0 Å². The van der Waals surface area contributed by atoms with Crippen molar-refractivity contribution < 1.29 is 9.53 Å². The number of nitrogens with one attached hydrogen (secondary N) is 1. The minimum absolute atomic E-state index is 0.0276. The molecule has 1 aliphatic carbocycles. The molecule has 1 saturated carbocycles. The van der Waals surface area contributed by atoms with Gasteiger partial charge in [-0.1, -0.05) is 19.8 Å². The van der Waals surface area contributed by atoms with Gasteiger partial charge in [0.25, 0.3) is 5.91 Å². The van der Waals surface area contributed by atoms with Crippen LogP contribution < -0.4 is 10.1 Å². The molecule has 3 nitrogen and oxygen atoms in total. The first-order valence-electron chi connectivity index (χ1n) is 7.64. The van der Waals surface area contributed by atoms with Gasteiger partial charge in [-0.3, -0.25) is 4.79 Å². The Kier molecular flexibility index (Phi) is 5.05. The topological polar surface area (TPSA) is 38.3 Å². The molecule has 1 aliphatic rings. The van der Waals surface area contributed by atoms with Crippen molar-refractivity contribution in [3.63, 3.8) is 0 Å². The van der Waals surface area contributed by atoms with Crippen LogP contribution in [0.3, 0.4) is 0 Å². The van der Waals surface area contributed by atoms with Crippen LogP contribution in [0, 0.1) is 5.92 Å². The maximum atomic E-state index is 12.2. The molecule has 2 atom stereocenters. The highest BCUT2D eigenvalue weighted by Crippen LogP contribution is 2.24. The molecular formula is C17H25NO2. The second-order valence-corrected chi connectivity index (χ2v) is 6.03. The van der Waals surface area contributed by atoms with Crippen LogP contribution in [0.25, 0.3) is 0 Å². The molecule has 20 heavy (non-hydrogen) atoms. The van der Waals surface area contributed by atoms with E-state index in [-0.39, 0.29) is 12.0 Å². The van der Waals surface area contributed by atoms with Crippen molar-refractivity contribution in [1.82, 2.24) is 5.32 Å². The lowest BCUT2D eigenvalue weighted by Crippen LogP contribution is -2.41. The first-order valence-corrected chi connectivity index (χ1v) is 7.64. The van der Waals surface area contributed by atoms with Gasteiger partial charge in [0.2, 0.25) is 0 Å². The largest absolute Gasteiger partial charge is 0.491 e. The van der Waals surface area contributed by atoms with E-state index in [1.165, 1.54) is 19.3 Å². The average molecular weight is 275 g/mol. The molecule has 1 amide bonds. The summed E-state index contributed by atoms with van der Waals surface area (Å²) in [4.78, 5) is 12.2. The number of hydrogen-bond donors (Lipinski definition) is 1. The molecule has 0 radical (unpaired) electrons. The monoisotopic (exact) mass is 275 g/mol. The van der Waals surface area contributed by atoms with Gasteiger partial charge in [0.1, 0.15) is 5.75 Å². The fourth-order valence-electron chi connectivity index (χ4n) is 2.74. The van der Waals surface area contributed by atoms with Crippen LogP contribution in [-0.4, -0.2) is 18.1 Å². The predicted octanol–water partition coefficient (Wildman–Crippen LogP) is 3.78. The van der Waals surface area contributed by atoms with Crippen molar-refractivity contribution in [3.05, 3.63) is 29.8 Å². The summed E-state index contributed by atoms with van der Waals surface area (Å²) in [5.41, 5.74) is 0.707. The molecule has 0 spiro atoms. The van der Waals surface area contributed by atoms with Crippen LogP contribution in [0.1, 0.15) is 56.8 Å². The minimum Gasteiger partial charge on any atom is -0.491 e. The van der Waals surface area contributed by atoms with Crippen LogP contribution in [0.4, 0.5) is 0 Å². The summed E-state index contributed by atoms with van der Waals surface area (Å²) in [7, 11) is 0. The summed E-state index contributed by atoms with van der Waals surface area (Å²) >= 11 is 0. The molecule has 0 bridgehead atoms. The van der Waals surface area contributed by atoms with Crippen molar-refractivity contribution in [1.29, 1.82) is 0 Å². The van der Waals surface area contributed by atoms with Gasteiger partial charge in [-0.2, -0.15) is 0 Å². The fraction of sp³-hybridized carbons (Fsp3) is 0.588. The molecule has 1 aromatic carbocycles. The maximum Gasteiger partial charge on any atom is 0.251 e. The third-order valence-electron chi connectivity index (χ3n) is 3.92. The normalized spacial score (nSPS) is 22.6. The van der Waals surface area contributed by atoms with E-state index >= 15 is 0 Å². The van der Waals surface area contributed by atoms with Crippen LogP contribution in [0.15, 0.2) is 24.3 Å². The van der Waals surface area contributed by atoms with Crippen LogP contribution in [-0.2, 0) is 0 Å². The number of rotatable bonds is 4. The summed E-state index contributed by atoms with van der Waals surface area (Å²) in [5.74, 6) is 1.42.